The molecule has 0 saturated carbocycles. The van der Waals surface area contributed by atoms with Gasteiger partial charge < -0.3 is 18.2 Å². The van der Waals surface area contributed by atoms with Crippen molar-refractivity contribution < 1.29 is 180 Å². The molecular formula is C34H22N4Na4O14S4. The van der Waals surface area contributed by atoms with Gasteiger partial charge in [0.05, 0.1) is 21.2 Å². The van der Waals surface area contributed by atoms with Gasteiger partial charge in [0.15, 0.2) is 0 Å². The number of carbonyl (C=O) groups is 2. The standard InChI is InChI=1S/C34H26N4O14S4.4Na/c1-17-11-21(35-37-31-27-9-5-23(53(41,42)43)13-19(27)15-29(33(31)39)55(47,48)49)3-7-25(17)26-8-4-22(12-18(26)2)36-38-32-28-10-6-24(54(44,45)46)14-20(28)16-30(34(32)40)56(50,51)52;;;;/h3-16,35-36H,1-2H3,(H,41,42,43)(H,44,45,46)(H,47,48,49)(H,50,51,52);;;;/q;4*+1/p-4/b37-31-,38-32-;;;;. The fraction of sp³-hybridized carbons (Fsp3) is 0.0588. The van der Waals surface area contributed by atoms with Crippen LogP contribution >= 0.6 is 0 Å². The molecule has 2 aliphatic rings. The van der Waals surface area contributed by atoms with Gasteiger partial charge in [-0.2, -0.15) is 10.2 Å². The topological polar surface area (TPSA) is 312 Å². The molecule has 290 valence electrons. The van der Waals surface area contributed by atoms with E-state index in [2.05, 4.69) is 21.1 Å². The van der Waals surface area contributed by atoms with Crippen LogP contribution < -0.4 is 129 Å². The molecule has 0 atom stereocenters. The van der Waals surface area contributed by atoms with Crippen LogP contribution in [0.5, 0.6) is 0 Å². The van der Waals surface area contributed by atoms with Crippen LogP contribution in [0.15, 0.2) is 103 Å². The Morgan fingerprint density at radius 2 is 0.767 bits per heavy atom. The fourth-order valence-corrected chi connectivity index (χ4v) is 8.06. The van der Waals surface area contributed by atoms with Crippen LogP contribution in [0.3, 0.4) is 0 Å². The van der Waals surface area contributed by atoms with Crippen molar-refractivity contribution in [3.63, 3.8) is 0 Å². The monoisotopic (exact) mass is 930 g/mol. The third kappa shape index (κ3) is 11.9. The number of fused-ring (bicyclic) bond motifs is 2. The van der Waals surface area contributed by atoms with Crippen LogP contribution in [0, 0.1) is 13.8 Å². The SMILES string of the molecule is Cc1cc(N/N=C2\C(=O)C(S(=O)(=O)[O-])=Cc3cc(S(=O)(=O)[O-])ccc32)ccc1-c1ccc(N/N=C2\C(=O)C(S(=O)(=O)[O-])=Cc3cc(S(=O)(=O)[O-])ccc32)cc1C.[Na+].[Na+].[Na+].[Na+]. The second-order valence-corrected chi connectivity index (χ2v) is 17.6. The largest absolute Gasteiger partial charge is 1.00 e. The Morgan fingerprint density at radius 1 is 0.450 bits per heavy atom. The van der Waals surface area contributed by atoms with Crippen LogP contribution in [0.2, 0.25) is 0 Å². The molecular weight excluding hydrogens is 909 g/mol. The predicted octanol–water partition coefficient (Wildman–Crippen LogP) is -9.64. The van der Waals surface area contributed by atoms with Crippen molar-refractivity contribution in [3.8, 4) is 11.1 Å². The number of nitrogens with one attached hydrogen (secondary N) is 2. The normalized spacial score (nSPS) is 15.2. The van der Waals surface area contributed by atoms with Gasteiger partial charge in [-0.15, -0.1) is 0 Å². The number of hydrogen-bond acceptors (Lipinski definition) is 18. The number of carbonyl (C=O) groups excluding carboxylic acids is 2. The van der Waals surface area contributed by atoms with E-state index in [4.69, 9.17) is 0 Å². The van der Waals surface area contributed by atoms with Crippen LogP contribution in [-0.2, 0) is 50.1 Å². The molecule has 0 radical (unpaired) electrons. The third-order valence-electron chi connectivity index (χ3n) is 8.46. The van der Waals surface area contributed by atoms with Crippen molar-refractivity contribution in [1.29, 1.82) is 0 Å². The zero-order valence-electron chi connectivity index (χ0n) is 32.3. The van der Waals surface area contributed by atoms with Crippen molar-refractivity contribution in [3.05, 3.63) is 116 Å². The Kier molecular flexibility index (Phi) is 18.5. The molecule has 0 unspecified atom stereocenters. The molecule has 18 nitrogen and oxygen atoms in total. The second-order valence-electron chi connectivity index (χ2n) is 12.2. The zero-order valence-corrected chi connectivity index (χ0v) is 43.6. The molecule has 0 heterocycles. The Balaban J connectivity index is 0.00000310. The maximum Gasteiger partial charge on any atom is 1.00 e. The number of Topliss-reactive ketones (excluding diaryl/α,β-unsaturated/α-hetero) is 2. The number of ketones is 2. The van der Waals surface area contributed by atoms with Crippen molar-refractivity contribution in [2.75, 3.05) is 10.9 Å². The molecule has 2 N–H and O–H groups in total. The molecule has 0 saturated heterocycles. The maximum atomic E-state index is 13.0. The summed E-state index contributed by atoms with van der Waals surface area (Å²) in [4.78, 5) is 22.2. The molecule has 0 aromatic heterocycles. The van der Waals surface area contributed by atoms with E-state index in [0.717, 1.165) is 36.4 Å². The van der Waals surface area contributed by atoms with Gasteiger partial charge in [0.1, 0.15) is 61.7 Å². The zero-order chi connectivity index (χ0) is 41.1. The first kappa shape index (κ1) is 54.4. The molecule has 0 spiro atoms. The van der Waals surface area contributed by atoms with E-state index < -0.39 is 83.1 Å². The van der Waals surface area contributed by atoms with E-state index in [9.17, 15) is 61.5 Å². The van der Waals surface area contributed by atoms with E-state index in [-0.39, 0.29) is 140 Å². The number of rotatable bonds is 9. The molecule has 0 aliphatic heterocycles. The summed E-state index contributed by atoms with van der Waals surface area (Å²) in [5.41, 5.74) is 7.09. The molecule has 2 aliphatic carbocycles. The average Bonchev–Trinajstić information content (AvgIpc) is 3.08. The van der Waals surface area contributed by atoms with Crippen molar-refractivity contribution in [2.45, 2.75) is 23.6 Å². The molecule has 0 bridgehead atoms. The van der Waals surface area contributed by atoms with Crippen LogP contribution in [0.25, 0.3) is 23.3 Å². The molecule has 4 aromatic carbocycles. The summed E-state index contributed by atoms with van der Waals surface area (Å²) in [7, 11) is -20.6. The Hall–Kier alpha value is -1.72. The van der Waals surface area contributed by atoms with Gasteiger partial charge in [-0.05, 0) is 108 Å². The summed E-state index contributed by atoms with van der Waals surface area (Å²) in [6.45, 7) is 3.49. The average molecular weight is 931 g/mol. The molecule has 0 fully saturated rings. The van der Waals surface area contributed by atoms with Gasteiger partial charge in [-0.1, -0.05) is 24.3 Å². The molecule has 4 aromatic rings. The Bertz CT molecular complexity index is 2840. The van der Waals surface area contributed by atoms with Crippen molar-refractivity contribution in [1.82, 2.24) is 0 Å². The van der Waals surface area contributed by atoms with Crippen molar-refractivity contribution >= 4 is 87.0 Å². The van der Waals surface area contributed by atoms with Gasteiger partial charge in [0.25, 0.3) is 0 Å². The number of benzene rings is 4. The minimum Gasteiger partial charge on any atom is -0.744 e. The molecule has 6 rings (SSSR count). The summed E-state index contributed by atoms with van der Waals surface area (Å²) in [6, 6.07) is 15.4. The number of anilines is 2. The quantitative estimate of drug-likeness (QED) is 0.0895. The van der Waals surface area contributed by atoms with E-state index in [1.54, 1.807) is 50.2 Å². The van der Waals surface area contributed by atoms with Gasteiger partial charge >= 0.3 is 118 Å². The molecule has 26 heteroatoms. The smallest absolute Gasteiger partial charge is 0.744 e. The Morgan fingerprint density at radius 3 is 1.05 bits per heavy atom. The summed E-state index contributed by atoms with van der Waals surface area (Å²) < 4.78 is 140. The first-order valence-corrected chi connectivity index (χ1v) is 21.1. The first-order valence-electron chi connectivity index (χ1n) is 15.5. The number of hydrazone groups is 2. The van der Waals surface area contributed by atoms with E-state index in [1.165, 1.54) is 0 Å². The molecule has 0 amide bonds. The van der Waals surface area contributed by atoms with Gasteiger partial charge in [-0.25, -0.2) is 33.7 Å². The predicted molar refractivity (Wildman–Crippen MR) is 196 cm³/mol. The van der Waals surface area contributed by atoms with Gasteiger partial charge in [-0.3, -0.25) is 20.4 Å². The minimum atomic E-state index is -5.33. The van der Waals surface area contributed by atoms with Crippen LogP contribution in [0.1, 0.15) is 33.4 Å². The van der Waals surface area contributed by atoms with Crippen LogP contribution in [0.4, 0.5) is 11.4 Å². The molecule has 60 heavy (non-hydrogen) atoms. The van der Waals surface area contributed by atoms with Crippen molar-refractivity contribution in [2.24, 2.45) is 10.2 Å². The number of allylic oxidation sites excluding steroid dienone is 2. The summed E-state index contributed by atoms with van der Waals surface area (Å²) in [6.07, 6.45) is 1.35. The maximum absolute atomic E-state index is 13.0. The Labute approximate surface area is 432 Å². The van der Waals surface area contributed by atoms with Crippen LogP contribution in [-0.4, -0.2) is 74.9 Å². The second kappa shape index (κ2) is 20.4. The van der Waals surface area contributed by atoms with Gasteiger partial charge in [0, 0.05) is 11.1 Å². The van der Waals surface area contributed by atoms with E-state index in [0.29, 0.717) is 45.8 Å². The van der Waals surface area contributed by atoms with E-state index in [1.807, 2.05) is 0 Å². The summed E-state index contributed by atoms with van der Waals surface area (Å²) in [5, 5.41) is 8.04. The third-order valence-corrected chi connectivity index (χ3v) is 11.8. The minimum absolute atomic E-state index is 0. The number of hydrogen-bond donors (Lipinski definition) is 2. The fourth-order valence-electron chi connectivity index (χ4n) is 5.86. The summed E-state index contributed by atoms with van der Waals surface area (Å²) >= 11 is 0. The van der Waals surface area contributed by atoms with E-state index >= 15 is 0 Å². The summed E-state index contributed by atoms with van der Waals surface area (Å²) in [5.74, 6) is -2.51. The first-order chi connectivity index (χ1) is 25.9. The number of nitrogens with zero attached hydrogens (tertiary/aromatic N) is 2. The number of aryl methyl sites for hydroxylation is 2. The van der Waals surface area contributed by atoms with Gasteiger partial charge in [0.2, 0.25) is 11.6 Å².